The van der Waals surface area contributed by atoms with Gasteiger partial charge in [0, 0.05) is 24.7 Å². The molecule has 2 aliphatic rings. The van der Waals surface area contributed by atoms with Gasteiger partial charge in [-0.05, 0) is 72.2 Å². The smallest absolute Gasteiger partial charge is 0.410 e. The van der Waals surface area contributed by atoms with Gasteiger partial charge in [-0.1, -0.05) is 11.6 Å². The Morgan fingerprint density at radius 3 is 2.44 bits per heavy atom. The molecule has 1 atom stereocenters. The Labute approximate surface area is 156 Å². The number of allylic oxidation sites excluding steroid dienone is 3. The second-order valence-electron chi connectivity index (χ2n) is 7.92. The Kier molecular flexibility index (Phi) is 6.20. The van der Waals surface area contributed by atoms with E-state index in [4.69, 9.17) is 16.3 Å². The van der Waals surface area contributed by atoms with E-state index in [9.17, 15) is 4.79 Å². The summed E-state index contributed by atoms with van der Waals surface area (Å²) in [5, 5.41) is 0.702. The topological polar surface area (TPSA) is 45.1 Å². The van der Waals surface area contributed by atoms with Gasteiger partial charge in [-0.25, -0.2) is 9.79 Å². The fraction of sp³-hybridized carbons (Fsp3) is 0.684. The van der Waals surface area contributed by atoms with Crippen LogP contribution in [0.5, 0.6) is 0 Å². The molecular weight excluding hydrogens is 338 g/mol. The summed E-state index contributed by atoms with van der Waals surface area (Å²) in [5.74, 6) is 0.823. The lowest BCUT2D eigenvalue weighted by Gasteiger charge is -2.46. The van der Waals surface area contributed by atoms with Crippen molar-refractivity contribution in [2.45, 2.75) is 64.5 Å². The van der Waals surface area contributed by atoms with E-state index in [-0.39, 0.29) is 11.6 Å². The monoisotopic (exact) mass is 367 g/mol. The van der Waals surface area contributed by atoms with Crippen molar-refractivity contribution in [3.63, 3.8) is 0 Å². The first-order chi connectivity index (χ1) is 11.7. The normalized spacial score (nSPS) is 25.5. The lowest BCUT2D eigenvalue weighted by Crippen LogP contribution is -2.57. The van der Waals surface area contributed by atoms with Gasteiger partial charge in [0.2, 0.25) is 0 Å². The van der Waals surface area contributed by atoms with E-state index >= 15 is 0 Å². The first-order valence-corrected chi connectivity index (χ1v) is 9.31. The van der Waals surface area contributed by atoms with Gasteiger partial charge >= 0.3 is 6.09 Å². The number of carbonyl (C=O) groups is 1. The summed E-state index contributed by atoms with van der Waals surface area (Å²) in [6.45, 7) is 13.6. The van der Waals surface area contributed by atoms with Crippen LogP contribution in [0.25, 0.3) is 0 Å². The summed E-state index contributed by atoms with van der Waals surface area (Å²) in [7, 11) is 0. The average molecular weight is 368 g/mol. The minimum atomic E-state index is -0.479. The fourth-order valence-electron chi connectivity index (χ4n) is 3.73. The maximum atomic E-state index is 12.5. The number of piperidine rings is 1. The van der Waals surface area contributed by atoms with Crippen molar-refractivity contribution in [2.75, 3.05) is 19.6 Å². The van der Waals surface area contributed by atoms with Crippen LogP contribution < -0.4 is 0 Å². The highest BCUT2D eigenvalue weighted by Crippen LogP contribution is 2.40. The van der Waals surface area contributed by atoms with Crippen molar-refractivity contribution in [3.8, 4) is 0 Å². The van der Waals surface area contributed by atoms with Gasteiger partial charge in [-0.3, -0.25) is 0 Å². The van der Waals surface area contributed by atoms with E-state index in [0.29, 0.717) is 11.6 Å². The van der Waals surface area contributed by atoms with Gasteiger partial charge in [0.15, 0.2) is 0 Å². The molecule has 2 rings (SSSR count). The largest absolute Gasteiger partial charge is 0.444 e. The van der Waals surface area contributed by atoms with E-state index in [1.165, 1.54) is 0 Å². The summed E-state index contributed by atoms with van der Waals surface area (Å²) in [6.07, 6.45) is 7.65. The molecule has 2 heterocycles. The number of amides is 1. The lowest BCUT2D eigenvalue weighted by atomic mass is 9.86. The van der Waals surface area contributed by atoms with Crippen LogP contribution in [-0.4, -0.2) is 53.4 Å². The Hall–Kier alpha value is -1.49. The number of hydrogen-bond donors (Lipinski definition) is 0. The number of ether oxygens (including phenoxy) is 1. The lowest BCUT2D eigenvalue weighted by molar-refractivity contribution is 0.000425. The molecule has 0 N–H and O–H groups in total. The zero-order chi connectivity index (χ0) is 18.7. The standard InChI is InChI=1S/C19H30ClN3O2/c1-15(20)8-9-16(21-5)23-13-7-11-19(23)10-6-12-22(14-19)17(24)25-18(2,3)4/h8-9H,5-7,10-14H2,1-4H3/b15-8+,16-9+. The second kappa shape index (κ2) is 7.81. The van der Waals surface area contributed by atoms with Gasteiger partial charge < -0.3 is 14.5 Å². The number of rotatable bonds is 3. The van der Waals surface area contributed by atoms with E-state index < -0.39 is 5.60 Å². The van der Waals surface area contributed by atoms with E-state index in [2.05, 4.69) is 16.6 Å². The summed E-state index contributed by atoms with van der Waals surface area (Å²) in [6, 6.07) is 0. The van der Waals surface area contributed by atoms with Crippen molar-refractivity contribution in [1.82, 2.24) is 9.80 Å². The zero-order valence-corrected chi connectivity index (χ0v) is 16.6. The van der Waals surface area contributed by atoms with Gasteiger partial charge in [0.05, 0.1) is 5.54 Å². The molecule has 0 aliphatic carbocycles. The highest BCUT2D eigenvalue weighted by Gasteiger charge is 2.46. The molecule has 2 fully saturated rings. The van der Waals surface area contributed by atoms with E-state index in [1.54, 1.807) is 0 Å². The average Bonchev–Trinajstić information content (AvgIpc) is 2.89. The van der Waals surface area contributed by atoms with E-state index in [1.807, 2.05) is 44.7 Å². The predicted molar refractivity (Wildman–Crippen MR) is 103 cm³/mol. The zero-order valence-electron chi connectivity index (χ0n) is 15.8. The summed E-state index contributed by atoms with van der Waals surface area (Å²) in [5.41, 5.74) is -0.566. The van der Waals surface area contributed by atoms with Crippen molar-refractivity contribution < 1.29 is 9.53 Å². The Morgan fingerprint density at radius 2 is 1.88 bits per heavy atom. The number of hydrogen-bond acceptors (Lipinski definition) is 4. The molecule has 0 radical (unpaired) electrons. The molecule has 140 valence electrons. The van der Waals surface area contributed by atoms with Crippen LogP contribution in [0, 0.1) is 0 Å². The first kappa shape index (κ1) is 19.8. The van der Waals surface area contributed by atoms with Crippen LogP contribution in [-0.2, 0) is 4.74 Å². The van der Waals surface area contributed by atoms with Gasteiger partial charge in [-0.15, -0.1) is 0 Å². The number of carbonyl (C=O) groups excluding carboxylic acids is 1. The number of aliphatic imine (C=N–C) groups is 1. The van der Waals surface area contributed by atoms with Crippen molar-refractivity contribution in [1.29, 1.82) is 0 Å². The Morgan fingerprint density at radius 1 is 1.24 bits per heavy atom. The third-order valence-electron chi connectivity index (χ3n) is 4.70. The molecule has 2 saturated heterocycles. The number of halogens is 1. The maximum absolute atomic E-state index is 12.5. The minimum absolute atomic E-state index is 0.0871. The third kappa shape index (κ3) is 5.00. The summed E-state index contributed by atoms with van der Waals surface area (Å²) in [4.78, 5) is 20.9. The molecule has 25 heavy (non-hydrogen) atoms. The molecule has 0 saturated carbocycles. The molecular formula is C19H30ClN3O2. The number of nitrogens with zero attached hydrogens (tertiary/aromatic N) is 3. The van der Waals surface area contributed by atoms with Crippen LogP contribution in [0.3, 0.4) is 0 Å². The maximum Gasteiger partial charge on any atom is 0.410 e. The molecule has 0 aromatic rings. The second-order valence-corrected chi connectivity index (χ2v) is 8.52. The number of likely N-dealkylation sites (tertiary alicyclic amines) is 2. The van der Waals surface area contributed by atoms with Crippen LogP contribution in [0.1, 0.15) is 53.4 Å². The molecule has 0 aromatic carbocycles. The van der Waals surface area contributed by atoms with Crippen molar-refractivity contribution in [3.05, 3.63) is 23.0 Å². The third-order valence-corrected chi connectivity index (χ3v) is 4.83. The molecule has 0 aromatic heterocycles. The van der Waals surface area contributed by atoms with Crippen molar-refractivity contribution >= 4 is 24.4 Å². The van der Waals surface area contributed by atoms with Gasteiger partial charge in [0.1, 0.15) is 11.4 Å². The summed E-state index contributed by atoms with van der Waals surface area (Å²) < 4.78 is 5.57. The van der Waals surface area contributed by atoms with Crippen LogP contribution in [0.15, 0.2) is 28.0 Å². The molecule has 1 amide bonds. The SMILES string of the molecule is C=N/C(=C\C=C(/C)Cl)N1CCCC12CCCN(C(=O)OC(C)(C)C)C2. The van der Waals surface area contributed by atoms with Gasteiger partial charge in [0.25, 0.3) is 0 Å². The Bertz CT molecular complexity index is 576. The Balaban J connectivity index is 2.20. The molecule has 5 nitrogen and oxygen atoms in total. The molecule has 1 unspecified atom stereocenters. The molecule has 1 spiro atoms. The molecule has 2 aliphatic heterocycles. The van der Waals surface area contributed by atoms with E-state index in [0.717, 1.165) is 44.6 Å². The predicted octanol–water partition coefficient (Wildman–Crippen LogP) is 4.54. The van der Waals surface area contributed by atoms with Gasteiger partial charge in [-0.2, -0.15) is 0 Å². The molecule has 0 bridgehead atoms. The minimum Gasteiger partial charge on any atom is -0.444 e. The summed E-state index contributed by atoms with van der Waals surface area (Å²) >= 11 is 5.96. The quantitative estimate of drug-likeness (QED) is 0.543. The highest BCUT2D eigenvalue weighted by atomic mass is 35.5. The fourth-order valence-corrected chi connectivity index (χ4v) is 3.80. The first-order valence-electron chi connectivity index (χ1n) is 8.93. The van der Waals surface area contributed by atoms with Crippen molar-refractivity contribution in [2.24, 2.45) is 4.99 Å². The van der Waals surface area contributed by atoms with Crippen LogP contribution in [0.2, 0.25) is 0 Å². The van der Waals surface area contributed by atoms with Crippen LogP contribution >= 0.6 is 11.6 Å². The highest BCUT2D eigenvalue weighted by molar-refractivity contribution is 6.29. The van der Waals surface area contributed by atoms with Crippen LogP contribution in [0.4, 0.5) is 4.79 Å². The molecule has 6 heteroatoms.